The van der Waals surface area contributed by atoms with Gasteiger partial charge in [-0.1, -0.05) is 42.5 Å². The van der Waals surface area contributed by atoms with Crippen molar-refractivity contribution in [1.82, 2.24) is 4.90 Å². The highest BCUT2D eigenvalue weighted by Gasteiger charge is 2.38. The zero-order valence-corrected chi connectivity index (χ0v) is 23.1. The van der Waals surface area contributed by atoms with E-state index in [-0.39, 0.29) is 12.0 Å². The van der Waals surface area contributed by atoms with Gasteiger partial charge in [-0.2, -0.15) is 0 Å². The predicted molar refractivity (Wildman–Crippen MR) is 151 cm³/mol. The van der Waals surface area contributed by atoms with E-state index in [0.29, 0.717) is 13.2 Å². The number of ether oxygens (including phenoxy) is 5. The Morgan fingerprint density at radius 2 is 1.26 bits per heavy atom. The molecule has 4 rings (SSSR count). The lowest BCUT2D eigenvalue weighted by Gasteiger charge is -2.37. The number of carbonyl (C=O) groups is 1. The smallest absolute Gasteiger partial charge is 0.330 e. The number of hydrogen-bond donors (Lipinski definition) is 0. The average molecular weight is 532 g/mol. The van der Waals surface area contributed by atoms with Gasteiger partial charge in [0.2, 0.25) is 0 Å². The molecule has 1 atom stereocenters. The summed E-state index contributed by atoms with van der Waals surface area (Å²) in [4.78, 5) is 14.0. The van der Waals surface area contributed by atoms with Gasteiger partial charge in [0.05, 0.1) is 35.0 Å². The Morgan fingerprint density at radius 1 is 0.795 bits per heavy atom. The van der Waals surface area contributed by atoms with Crippen molar-refractivity contribution >= 4 is 5.97 Å². The maximum atomic E-state index is 11.6. The van der Waals surface area contributed by atoms with Crippen LogP contribution in [-0.4, -0.2) is 65.0 Å². The summed E-state index contributed by atoms with van der Waals surface area (Å²) in [5, 5.41) is 0. The van der Waals surface area contributed by atoms with Gasteiger partial charge in [-0.25, -0.2) is 4.79 Å². The Balaban J connectivity index is 1.72. The Bertz CT molecular complexity index is 1110. The molecule has 0 N–H and O–H groups in total. The van der Waals surface area contributed by atoms with Crippen LogP contribution in [0, 0.1) is 0 Å². The third-order valence-corrected chi connectivity index (χ3v) is 7.26. The summed E-state index contributed by atoms with van der Waals surface area (Å²) < 4.78 is 28.1. The normalized spacial score (nSPS) is 15.8. The number of rotatable bonds is 12. The molecule has 1 fully saturated rings. The summed E-state index contributed by atoms with van der Waals surface area (Å²) in [5.41, 5.74) is 2.02. The van der Waals surface area contributed by atoms with Crippen LogP contribution in [0.25, 0.3) is 0 Å². The van der Waals surface area contributed by atoms with E-state index < -0.39 is 5.60 Å². The molecule has 0 spiro atoms. The first-order valence-electron chi connectivity index (χ1n) is 13.1. The number of methoxy groups -OCH3 is 4. The lowest BCUT2D eigenvalue weighted by atomic mass is 9.80. The largest absolute Gasteiger partial charge is 0.497 e. The molecule has 3 aromatic carbocycles. The van der Waals surface area contributed by atoms with E-state index in [2.05, 4.69) is 4.90 Å². The van der Waals surface area contributed by atoms with E-state index in [1.54, 1.807) is 21.3 Å². The monoisotopic (exact) mass is 531 g/mol. The van der Waals surface area contributed by atoms with Gasteiger partial charge in [0.25, 0.3) is 0 Å². The molecule has 0 aromatic heterocycles. The van der Waals surface area contributed by atoms with Gasteiger partial charge in [-0.15, -0.1) is 0 Å². The van der Waals surface area contributed by atoms with Crippen molar-refractivity contribution in [3.05, 3.63) is 102 Å². The topological polar surface area (TPSA) is 66.5 Å². The van der Waals surface area contributed by atoms with Crippen molar-refractivity contribution in [3.63, 3.8) is 0 Å². The predicted octanol–water partition coefficient (Wildman–Crippen LogP) is 5.21. The molecule has 7 heteroatoms. The van der Waals surface area contributed by atoms with Crippen molar-refractivity contribution in [3.8, 4) is 17.2 Å². The lowest BCUT2D eigenvalue weighted by Crippen LogP contribution is -2.37. The SMILES string of the molecule is COC(=O)C=C[C@H]1CCCN1CCOC(c1ccc(OC)cc1)(c1ccc(OC)cc1)c1ccc(OC)cc1. The lowest BCUT2D eigenvalue weighted by molar-refractivity contribution is -0.134. The van der Waals surface area contributed by atoms with Crippen molar-refractivity contribution < 1.29 is 28.5 Å². The minimum atomic E-state index is -0.901. The molecule has 3 aromatic rings. The quantitative estimate of drug-likeness (QED) is 0.180. The van der Waals surface area contributed by atoms with Crippen LogP contribution in [-0.2, 0) is 19.9 Å². The molecule has 7 nitrogen and oxygen atoms in total. The van der Waals surface area contributed by atoms with Gasteiger partial charge < -0.3 is 23.7 Å². The van der Waals surface area contributed by atoms with Crippen LogP contribution in [0.2, 0.25) is 0 Å². The van der Waals surface area contributed by atoms with Crippen molar-refractivity contribution in [1.29, 1.82) is 0 Å². The van der Waals surface area contributed by atoms with E-state index in [1.165, 1.54) is 13.2 Å². The Kier molecular flexibility index (Phi) is 9.63. The standard InChI is InChI=1S/C32H37NO6/c1-35-28-14-7-24(8-15-28)32(25-9-16-29(36-2)17-10-25,26-11-18-30(37-3)19-12-26)39-23-22-33-21-5-6-27(33)13-20-31(34)38-4/h7-20,27H,5-6,21-23H2,1-4H3/t27-/m1/s1. The van der Waals surface area contributed by atoms with Crippen LogP contribution in [0.4, 0.5) is 0 Å². The molecule has 1 aliphatic heterocycles. The minimum Gasteiger partial charge on any atom is -0.497 e. The number of hydrogen-bond acceptors (Lipinski definition) is 7. The summed E-state index contributed by atoms with van der Waals surface area (Å²) in [6, 6.07) is 24.2. The van der Waals surface area contributed by atoms with Crippen LogP contribution in [0.1, 0.15) is 29.5 Å². The Hall–Kier alpha value is -3.81. The number of likely N-dealkylation sites (tertiary alicyclic amines) is 1. The second-order valence-electron chi connectivity index (χ2n) is 9.34. The van der Waals surface area contributed by atoms with Crippen LogP contribution in [0.5, 0.6) is 17.2 Å². The molecule has 0 aliphatic carbocycles. The first kappa shape index (κ1) is 28.2. The first-order chi connectivity index (χ1) is 19.0. The Morgan fingerprint density at radius 3 is 1.67 bits per heavy atom. The zero-order chi connectivity index (χ0) is 27.7. The van der Waals surface area contributed by atoms with Crippen LogP contribution in [0.15, 0.2) is 84.9 Å². The van der Waals surface area contributed by atoms with Crippen LogP contribution >= 0.6 is 0 Å². The fraction of sp³-hybridized carbons (Fsp3) is 0.344. The third kappa shape index (κ3) is 6.44. The number of benzene rings is 3. The van der Waals surface area contributed by atoms with Gasteiger partial charge in [0.15, 0.2) is 0 Å². The molecule has 0 bridgehead atoms. The molecule has 0 unspecified atom stereocenters. The summed E-state index contributed by atoms with van der Waals surface area (Å²) in [6.07, 6.45) is 5.51. The maximum absolute atomic E-state index is 11.6. The van der Waals surface area contributed by atoms with E-state index in [1.807, 2.05) is 78.9 Å². The summed E-state index contributed by atoms with van der Waals surface area (Å²) >= 11 is 0. The van der Waals surface area contributed by atoms with Crippen LogP contribution < -0.4 is 14.2 Å². The number of nitrogens with zero attached hydrogens (tertiary/aromatic N) is 1. The maximum Gasteiger partial charge on any atom is 0.330 e. The van der Waals surface area contributed by atoms with Gasteiger partial charge >= 0.3 is 5.97 Å². The van der Waals surface area contributed by atoms with Crippen molar-refractivity contribution in [2.24, 2.45) is 0 Å². The molecule has 206 valence electrons. The van der Waals surface area contributed by atoms with Crippen LogP contribution in [0.3, 0.4) is 0 Å². The van der Waals surface area contributed by atoms with Gasteiger partial charge in [0, 0.05) is 18.7 Å². The van der Waals surface area contributed by atoms with Crippen molar-refractivity contribution in [2.75, 3.05) is 48.1 Å². The molecule has 1 heterocycles. The second-order valence-corrected chi connectivity index (χ2v) is 9.34. The summed E-state index contributed by atoms with van der Waals surface area (Å²) in [5.74, 6) is 1.98. The molecule has 0 saturated carbocycles. The fourth-order valence-corrected chi connectivity index (χ4v) is 5.15. The Labute approximate surface area is 230 Å². The van der Waals surface area contributed by atoms with E-state index >= 15 is 0 Å². The summed E-state index contributed by atoms with van der Waals surface area (Å²) in [7, 11) is 6.37. The average Bonchev–Trinajstić information content (AvgIpc) is 3.45. The second kappa shape index (κ2) is 13.3. The van der Waals surface area contributed by atoms with E-state index in [4.69, 9.17) is 23.7 Å². The molecule has 0 amide bonds. The number of esters is 1. The highest BCUT2D eigenvalue weighted by Crippen LogP contribution is 2.42. The highest BCUT2D eigenvalue weighted by atomic mass is 16.5. The van der Waals surface area contributed by atoms with Gasteiger partial charge in [-0.3, -0.25) is 4.90 Å². The third-order valence-electron chi connectivity index (χ3n) is 7.26. The van der Waals surface area contributed by atoms with Gasteiger partial charge in [0.1, 0.15) is 22.8 Å². The minimum absolute atomic E-state index is 0.171. The first-order valence-corrected chi connectivity index (χ1v) is 13.1. The fourth-order valence-electron chi connectivity index (χ4n) is 5.15. The van der Waals surface area contributed by atoms with E-state index in [9.17, 15) is 4.79 Å². The van der Waals surface area contributed by atoms with Gasteiger partial charge in [-0.05, 0) is 72.5 Å². The number of carbonyl (C=O) groups excluding carboxylic acids is 1. The molecule has 1 aliphatic rings. The van der Waals surface area contributed by atoms with E-state index in [0.717, 1.165) is 53.3 Å². The molecule has 0 radical (unpaired) electrons. The highest BCUT2D eigenvalue weighted by molar-refractivity contribution is 5.81. The van der Waals surface area contributed by atoms with Crippen molar-refractivity contribution in [2.45, 2.75) is 24.5 Å². The zero-order valence-electron chi connectivity index (χ0n) is 23.1. The molecule has 1 saturated heterocycles. The molecule has 39 heavy (non-hydrogen) atoms. The molecular formula is C32H37NO6. The summed E-state index contributed by atoms with van der Waals surface area (Å²) in [6.45, 7) is 2.12. The molecular weight excluding hydrogens is 494 g/mol.